The van der Waals surface area contributed by atoms with Crippen molar-refractivity contribution >= 4 is 27.3 Å². The van der Waals surface area contributed by atoms with E-state index in [9.17, 15) is 0 Å². The first-order chi connectivity index (χ1) is 9.31. The monoisotopic (exact) mass is 338 g/mol. The summed E-state index contributed by atoms with van der Waals surface area (Å²) in [6, 6.07) is 6.84. The molecule has 0 amide bonds. The number of hydrogen-bond donors (Lipinski definition) is 1. The van der Waals surface area contributed by atoms with Crippen molar-refractivity contribution in [3.05, 3.63) is 44.8 Å². The Kier molecular flexibility index (Phi) is 4.15. The summed E-state index contributed by atoms with van der Waals surface area (Å²) in [5.74, 6) is 0.935. The molecule has 3 nitrogen and oxygen atoms in total. The van der Waals surface area contributed by atoms with Crippen molar-refractivity contribution in [2.45, 2.75) is 32.0 Å². The van der Waals surface area contributed by atoms with Crippen LogP contribution < -0.4 is 10.1 Å². The number of benzene rings is 1. The van der Waals surface area contributed by atoms with Gasteiger partial charge in [0.2, 0.25) is 0 Å². The highest BCUT2D eigenvalue weighted by Crippen LogP contribution is 2.26. The molecule has 19 heavy (non-hydrogen) atoms. The molecule has 0 aliphatic heterocycles. The molecular weight excluding hydrogens is 324 g/mol. The quantitative estimate of drug-likeness (QED) is 0.871. The molecule has 0 radical (unpaired) electrons. The molecular formula is C14H15BrN2OS. The first kappa shape index (κ1) is 13.1. The second kappa shape index (κ2) is 6.03. The lowest BCUT2D eigenvalue weighted by Crippen LogP contribution is -2.16. The summed E-state index contributed by atoms with van der Waals surface area (Å²) in [6.45, 7) is 1.39. The summed E-state index contributed by atoms with van der Waals surface area (Å²) in [5.41, 5.74) is 4.00. The predicted octanol–water partition coefficient (Wildman–Crippen LogP) is 3.74. The summed E-state index contributed by atoms with van der Waals surface area (Å²) < 4.78 is 6.96. The highest BCUT2D eigenvalue weighted by molar-refractivity contribution is 9.10. The van der Waals surface area contributed by atoms with Gasteiger partial charge in [0, 0.05) is 28.0 Å². The molecule has 1 aromatic carbocycles. The molecule has 0 saturated heterocycles. The first-order valence-electron chi connectivity index (χ1n) is 6.33. The molecule has 1 aromatic heterocycles. The Morgan fingerprint density at radius 3 is 3.05 bits per heavy atom. The minimum atomic E-state index is 0.529. The molecule has 1 aliphatic carbocycles. The maximum absolute atomic E-state index is 5.87. The molecule has 1 saturated carbocycles. The number of aromatic nitrogens is 1. The van der Waals surface area contributed by atoms with E-state index in [1.165, 1.54) is 18.4 Å². The van der Waals surface area contributed by atoms with Gasteiger partial charge in [0.25, 0.3) is 0 Å². The van der Waals surface area contributed by atoms with Gasteiger partial charge in [-0.15, -0.1) is 11.3 Å². The normalized spacial score (nSPS) is 14.6. The molecule has 0 unspecified atom stereocenters. The van der Waals surface area contributed by atoms with E-state index in [-0.39, 0.29) is 0 Å². The molecule has 1 N–H and O–H groups in total. The fourth-order valence-electron chi connectivity index (χ4n) is 1.83. The van der Waals surface area contributed by atoms with E-state index >= 15 is 0 Å². The Labute approximate surface area is 125 Å². The van der Waals surface area contributed by atoms with Crippen molar-refractivity contribution in [3.63, 3.8) is 0 Å². The molecule has 5 heteroatoms. The molecule has 1 fully saturated rings. The Morgan fingerprint density at radius 2 is 2.32 bits per heavy atom. The van der Waals surface area contributed by atoms with Gasteiger partial charge in [-0.05, 0) is 31.0 Å². The largest absolute Gasteiger partial charge is 0.487 e. The van der Waals surface area contributed by atoms with Crippen LogP contribution >= 0.6 is 27.3 Å². The number of rotatable bonds is 6. The van der Waals surface area contributed by atoms with E-state index in [0.29, 0.717) is 12.6 Å². The van der Waals surface area contributed by atoms with Crippen molar-refractivity contribution in [2.75, 3.05) is 0 Å². The van der Waals surface area contributed by atoms with Crippen molar-refractivity contribution in [1.29, 1.82) is 0 Å². The molecule has 0 spiro atoms. The third-order valence-corrected chi connectivity index (χ3v) is 4.17. The van der Waals surface area contributed by atoms with Crippen molar-refractivity contribution in [2.24, 2.45) is 0 Å². The Bertz CT molecular complexity index is 540. The van der Waals surface area contributed by atoms with Gasteiger partial charge in [-0.1, -0.05) is 15.9 Å². The zero-order valence-corrected chi connectivity index (χ0v) is 12.8. The summed E-state index contributed by atoms with van der Waals surface area (Å²) in [4.78, 5) is 4.23. The zero-order chi connectivity index (χ0) is 13.1. The molecule has 1 aliphatic rings. The van der Waals surface area contributed by atoms with Crippen LogP contribution in [0, 0.1) is 0 Å². The Morgan fingerprint density at radius 1 is 1.42 bits per heavy atom. The van der Waals surface area contributed by atoms with Gasteiger partial charge in [-0.2, -0.15) is 0 Å². The van der Waals surface area contributed by atoms with E-state index in [4.69, 9.17) is 4.74 Å². The van der Waals surface area contributed by atoms with E-state index in [2.05, 4.69) is 32.3 Å². The molecule has 0 bridgehead atoms. The standard InChI is InChI=1S/C14H15BrN2OS/c15-11-1-4-14(18-7-13-8-19-9-17-13)10(5-11)6-16-12-2-3-12/h1,4-5,8-9,12,16H,2-3,6-7H2. The summed E-state index contributed by atoms with van der Waals surface area (Å²) in [5, 5.41) is 5.53. The minimum absolute atomic E-state index is 0.529. The van der Waals surface area contributed by atoms with Crippen LogP contribution in [-0.4, -0.2) is 11.0 Å². The lowest BCUT2D eigenvalue weighted by molar-refractivity contribution is 0.298. The SMILES string of the molecule is Brc1ccc(OCc2cscn2)c(CNC2CC2)c1. The van der Waals surface area contributed by atoms with Crippen LogP contribution in [0.4, 0.5) is 0 Å². The lowest BCUT2D eigenvalue weighted by Gasteiger charge is -2.12. The number of thiazole rings is 1. The number of nitrogens with zero attached hydrogens (tertiary/aromatic N) is 1. The van der Waals surface area contributed by atoms with Gasteiger partial charge in [-0.3, -0.25) is 0 Å². The number of nitrogens with one attached hydrogen (secondary N) is 1. The molecule has 0 atom stereocenters. The number of halogens is 1. The number of hydrogen-bond acceptors (Lipinski definition) is 4. The van der Waals surface area contributed by atoms with Gasteiger partial charge in [-0.25, -0.2) is 4.98 Å². The van der Waals surface area contributed by atoms with Crippen molar-refractivity contribution in [3.8, 4) is 5.75 Å². The van der Waals surface area contributed by atoms with Gasteiger partial charge < -0.3 is 10.1 Å². The summed E-state index contributed by atoms with van der Waals surface area (Å²) >= 11 is 5.11. The lowest BCUT2D eigenvalue weighted by atomic mass is 10.2. The first-order valence-corrected chi connectivity index (χ1v) is 8.06. The molecule has 2 aromatic rings. The second-order valence-electron chi connectivity index (χ2n) is 4.68. The topological polar surface area (TPSA) is 34.1 Å². The van der Waals surface area contributed by atoms with Gasteiger partial charge in [0.05, 0.1) is 11.2 Å². The third-order valence-electron chi connectivity index (χ3n) is 3.04. The fraction of sp³-hybridized carbons (Fsp3) is 0.357. The van der Waals surface area contributed by atoms with Crippen LogP contribution in [-0.2, 0) is 13.2 Å². The summed E-state index contributed by atoms with van der Waals surface area (Å²) in [6.07, 6.45) is 2.59. The van der Waals surface area contributed by atoms with Crippen LogP contribution in [0.1, 0.15) is 24.1 Å². The zero-order valence-electron chi connectivity index (χ0n) is 10.4. The van der Waals surface area contributed by atoms with Crippen LogP contribution in [0.25, 0.3) is 0 Å². The third kappa shape index (κ3) is 3.78. The molecule has 100 valence electrons. The Hall–Kier alpha value is -0.910. The fourth-order valence-corrected chi connectivity index (χ4v) is 2.78. The minimum Gasteiger partial charge on any atom is -0.487 e. The Balaban J connectivity index is 1.67. The van der Waals surface area contributed by atoms with Crippen LogP contribution in [0.15, 0.2) is 33.6 Å². The van der Waals surface area contributed by atoms with Crippen LogP contribution in [0.3, 0.4) is 0 Å². The van der Waals surface area contributed by atoms with Gasteiger partial charge >= 0.3 is 0 Å². The van der Waals surface area contributed by atoms with E-state index in [1.54, 1.807) is 11.3 Å². The average Bonchev–Trinajstić information content (AvgIpc) is 3.10. The van der Waals surface area contributed by atoms with Crippen molar-refractivity contribution in [1.82, 2.24) is 10.3 Å². The highest BCUT2D eigenvalue weighted by Gasteiger charge is 2.20. The van der Waals surface area contributed by atoms with Crippen LogP contribution in [0.5, 0.6) is 5.75 Å². The van der Waals surface area contributed by atoms with E-state index < -0.39 is 0 Å². The average molecular weight is 339 g/mol. The predicted molar refractivity (Wildman–Crippen MR) is 80.4 cm³/mol. The maximum atomic E-state index is 5.87. The van der Waals surface area contributed by atoms with Gasteiger partial charge in [0.1, 0.15) is 12.4 Å². The smallest absolute Gasteiger partial charge is 0.131 e. The highest BCUT2D eigenvalue weighted by atomic mass is 79.9. The summed E-state index contributed by atoms with van der Waals surface area (Å²) in [7, 11) is 0. The van der Waals surface area contributed by atoms with Crippen LogP contribution in [0.2, 0.25) is 0 Å². The number of ether oxygens (including phenoxy) is 1. The van der Waals surface area contributed by atoms with Crippen molar-refractivity contribution < 1.29 is 4.74 Å². The molecule has 1 heterocycles. The molecule has 3 rings (SSSR count). The second-order valence-corrected chi connectivity index (χ2v) is 6.31. The maximum Gasteiger partial charge on any atom is 0.131 e. The van der Waals surface area contributed by atoms with Gasteiger partial charge in [0.15, 0.2) is 0 Å². The van der Waals surface area contributed by atoms with E-state index in [0.717, 1.165) is 22.5 Å². The van der Waals surface area contributed by atoms with E-state index in [1.807, 2.05) is 23.0 Å².